The van der Waals surface area contributed by atoms with E-state index in [1.807, 2.05) is 6.92 Å². The number of thiocarbonyl (C=S) groups is 1. The standard InChI is InChI=1S/C14H28N4OS/c1-12(2)4-5-13(3)16-17-14(20)15-6-7-18-8-10-19-11-9-18/h12H,4-11H2,1-3H3,(H2,15,17,20)/b16-13-. The topological polar surface area (TPSA) is 48.9 Å². The van der Waals surface area contributed by atoms with Gasteiger partial charge < -0.3 is 10.1 Å². The van der Waals surface area contributed by atoms with Gasteiger partial charge in [-0.15, -0.1) is 0 Å². The van der Waals surface area contributed by atoms with E-state index >= 15 is 0 Å². The molecule has 0 saturated carbocycles. The van der Waals surface area contributed by atoms with Crippen molar-refractivity contribution >= 4 is 23.0 Å². The molecule has 1 saturated heterocycles. The van der Waals surface area contributed by atoms with Gasteiger partial charge in [0.05, 0.1) is 13.2 Å². The average Bonchev–Trinajstić information content (AvgIpc) is 2.44. The van der Waals surface area contributed by atoms with E-state index in [1.54, 1.807) is 0 Å². The van der Waals surface area contributed by atoms with Crippen LogP contribution in [0.5, 0.6) is 0 Å². The molecule has 0 aromatic carbocycles. The Morgan fingerprint density at radius 1 is 1.35 bits per heavy atom. The van der Waals surface area contributed by atoms with Crippen LogP contribution in [0, 0.1) is 5.92 Å². The number of hydrogen-bond acceptors (Lipinski definition) is 4. The highest BCUT2D eigenvalue weighted by Gasteiger charge is 2.09. The Labute approximate surface area is 128 Å². The summed E-state index contributed by atoms with van der Waals surface area (Å²) in [5, 5.41) is 8.07. The fourth-order valence-corrected chi connectivity index (χ4v) is 2.04. The second kappa shape index (κ2) is 10.1. The number of rotatable bonds is 7. The van der Waals surface area contributed by atoms with E-state index in [1.165, 1.54) is 0 Å². The molecule has 0 amide bonds. The number of ether oxygens (including phenoxy) is 1. The van der Waals surface area contributed by atoms with Gasteiger partial charge in [-0.3, -0.25) is 10.3 Å². The summed E-state index contributed by atoms with van der Waals surface area (Å²) in [7, 11) is 0. The predicted octanol–water partition coefficient (Wildman–Crippen LogP) is 1.59. The van der Waals surface area contributed by atoms with E-state index in [2.05, 4.69) is 34.6 Å². The molecular weight excluding hydrogens is 272 g/mol. The fourth-order valence-electron chi connectivity index (χ4n) is 1.89. The Balaban J connectivity index is 2.08. The predicted molar refractivity (Wildman–Crippen MR) is 88.2 cm³/mol. The minimum atomic E-state index is 0.599. The van der Waals surface area contributed by atoms with Crippen molar-refractivity contribution in [1.82, 2.24) is 15.6 Å². The minimum absolute atomic E-state index is 0.599. The Kier molecular flexibility index (Phi) is 8.73. The molecule has 2 N–H and O–H groups in total. The lowest BCUT2D eigenvalue weighted by Gasteiger charge is -2.26. The summed E-state index contributed by atoms with van der Waals surface area (Å²) < 4.78 is 5.31. The Morgan fingerprint density at radius 2 is 2.05 bits per heavy atom. The molecule has 1 aliphatic heterocycles. The number of hydrogen-bond donors (Lipinski definition) is 2. The van der Waals surface area contributed by atoms with Crippen LogP contribution < -0.4 is 10.7 Å². The largest absolute Gasteiger partial charge is 0.379 e. The molecule has 1 fully saturated rings. The van der Waals surface area contributed by atoms with Gasteiger partial charge >= 0.3 is 0 Å². The molecule has 116 valence electrons. The molecule has 20 heavy (non-hydrogen) atoms. The summed E-state index contributed by atoms with van der Waals surface area (Å²) in [6, 6.07) is 0. The van der Waals surface area contributed by atoms with E-state index in [9.17, 15) is 0 Å². The summed E-state index contributed by atoms with van der Waals surface area (Å²) in [4.78, 5) is 2.37. The van der Waals surface area contributed by atoms with Crippen LogP contribution in [0.4, 0.5) is 0 Å². The molecule has 0 aromatic heterocycles. The van der Waals surface area contributed by atoms with Gasteiger partial charge in [-0.25, -0.2) is 0 Å². The second-order valence-corrected chi connectivity index (χ2v) is 6.01. The highest BCUT2D eigenvalue weighted by atomic mass is 32.1. The van der Waals surface area contributed by atoms with Gasteiger partial charge in [-0.2, -0.15) is 5.10 Å². The first kappa shape index (κ1) is 17.3. The van der Waals surface area contributed by atoms with Crippen LogP contribution in [-0.2, 0) is 4.74 Å². The third-order valence-corrected chi connectivity index (χ3v) is 3.48. The number of morpholine rings is 1. The van der Waals surface area contributed by atoms with Crippen molar-refractivity contribution in [2.24, 2.45) is 11.0 Å². The maximum Gasteiger partial charge on any atom is 0.186 e. The monoisotopic (exact) mass is 300 g/mol. The molecule has 1 rings (SSSR count). The molecular formula is C14H28N4OS. The number of nitrogens with zero attached hydrogens (tertiary/aromatic N) is 2. The first-order valence-electron chi connectivity index (χ1n) is 7.45. The van der Waals surface area contributed by atoms with E-state index in [-0.39, 0.29) is 0 Å². The molecule has 0 atom stereocenters. The summed E-state index contributed by atoms with van der Waals surface area (Å²) in [6.45, 7) is 12.0. The van der Waals surface area contributed by atoms with Crippen molar-refractivity contribution < 1.29 is 4.74 Å². The summed E-state index contributed by atoms with van der Waals surface area (Å²) in [6.07, 6.45) is 2.18. The van der Waals surface area contributed by atoms with E-state index in [0.717, 1.165) is 57.9 Å². The lowest BCUT2D eigenvalue weighted by atomic mass is 10.1. The number of nitrogens with one attached hydrogen (secondary N) is 2. The highest BCUT2D eigenvalue weighted by Crippen LogP contribution is 2.03. The maximum atomic E-state index is 5.31. The van der Waals surface area contributed by atoms with Gasteiger partial charge in [0.15, 0.2) is 5.11 Å². The summed E-state index contributed by atoms with van der Waals surface area (Å²) in [5.41, 5.74) is 4.00. The van der Waals surface area contributed by atoms with Crippen LogP contribution in [0.15, 0.2) is 5.10 Å². The van der Waals surface area contributed by atoms with Crippen molar-refractivity contribution in [3.8, 4) is 0 Å². The van der Waals surface area contributed by atoms with Crippen LogP contribution in [0.2, 0.25) is 0 Å². The van der Waals surface area contributed by atoms with E-state index < -0.39 is 0 Å². The van der Waals surface area contributed by atoms with Gasteiger partial charge in [0.1, 0.15) is 0 Å². The van der Waals surface area contributed by atoms with Crippen molar-refractivity contribution in [3.05, 3.63) is 0 Å². The normalized spacial score (nSPS) is 17.3. The zero-order chi connectivity index (χ0) is 14.8. The van der Waals surface area contributed by atoms with Crippen LogP contribution in [0.25, 0.3) is 0 Å². The molecule has 0 unspecified atom stereocenters. The Morgan fingerprint density at radius 3 is 2.70 bits per heavy atom. The first-order chi connectivity index (χ1) is 9.58. The molecule has 0 radical (unpaired) electrons. The molecule has 1 heterocycles. The third-order valence-electron chi connectivity index (χ3n) is 3.25. The van der Waals surface area contributed by atoms with Crippen LogP contribution in [-0.4, -0.2) is 55.1 Å². The van der Waals surface area contributed by atoms with Gasteiger partial charge in [0, 0.05) is 31.9 Å². The second-order valence-electron chi connectivity index (χ2n) is 5.60. The van der Waals surface area contributed by atoms with Crippen molar-refractivity contribution in [3.63, 3.8) is 0 Å². The van der Waals surface area contributed by atoms with Gasteiger partial charge in [0.25, 0.3) is 0 Å². The van der Waals surface area contributed by atoms with Crippen LogP contribution in [0.1, 0.15) is 33.6 Å². The third kappa shape index (κ3) is 8.45. The molecule has 6 heteroatoms. The van der Waals surface area contributed by atoms with Crippen molar-refractivity contribution in [1.29, 1.82) is 0 Å². The minimum Gasteiger partial charge on any atom is -0.379 e. The average molecular weight is 300 g/mol. The maximum absolute atomic E-state index is 5.31. The summed E-state index contributed by atoms with van der Waals surface area (Å²) >= 11 is 5.20. The smallest absolute Gasteiger partial charge is 0.186 e. The SMILES string of the molecule is C/C(CCC(C)C)=N/NC(=S)NCCN1CCOCC1. The number of hydrazone groups is 1. The lowest BCUT2D eigenvalue weighted by molar-refractivity contribution is 0.0389. The van der Waals surface area contributed by atoms with Crippen LogP contribution >= 0.6 is 12.2 Å². The van der Waals surface area contributed by atoms with Crippen molar-refractivity contribution in [2.45, 2.75) is 33.6 Å². The fraction of sp³-hybridized carbons (Fsp3) is 0.857. The first-order valence-corrected chi connectivity index (χ1v) is 7.86. The molecule has 0 aromatic rings. The van der Waals surface area contributed by atoms with Crippen molar-refractivity contribution in [2.75, 3.05) is 39.4 Å². The van der Waals surface area contributed by atoms with Gasteiger partial charge in [-0.1, -0.05) is 13.8 Å². The van der Waals surface area contributed by atoms with E-state index in [4.69, 9.17) is 17.0 Å². The van der Waals surface area contributed by atoms with Crippen LogP contribution in [0.3, 0.4) is 0 Å². The Bertz CT molecular complexity index is 314. The molecule has 0 bridgehead atoms. The highest BCUT2D eigenvalue weighted by molar-refractivity contribution is 7.80. The molecule has 0 aliphatic carbocycles. The summed E-state index contributed by atoms with van der Waals surface area (Å²) in [5.74, 6) is 0.707. The molecule has 5 nitrogen and oxygen atoms in total. The van der Waals surface area contributed by atoms with Gasteiger partial charge in [-0.05, 0) is 37.9 Å². The van der Waals surface area contributed by atoms with E-state index in [0.29, 0.717) is 11.0 Å². The lowest BCUT2D eigenvalue weighted by Crippen LogP contribution is -2.42. The molecule has 1 aliphatic rings. The zero-order valence-corrected chi connectivity index (χ0v) is 13.8. The van der Waals surface area contributed by atoms with Gasteiger partial charge in [0.2, 0.25) is 0 Å². The molecule has 0 spiro atoms. The Hall–Kier alpha value is -0.720. The quantitative estimate of drug-likeness (QED) is 0.425. The zero-order valence-electron chi connectivity index (χ0n) is 12.9.